The van der Waals surface area contributed by atoms with E-state index in [9.17, 15) is 4.79 Å². The van der Waals surface area contributed by atoms with Crippen LogP contribution in [0.15, 0.2) is 29.1 Å². The van der Waals surface area contributed by atoms with Crippen LogP contribution < -0.4 is 10.7 Å². The van der Waals surface area contributed by atoms with Crippen molar-refractivity contribution in [1.82, 2.24) is 25.9 Å². The smallest absolute Gasteiger partial charge is 0.273 e. The van der Waals surface area contributed by atoms with E-state index in [-0.39, 0.29) is 5.91 Å². The summed E-state index contributed by atoms with van der Waals surface area (Å²) in [4.78, 5) is 15.9. The molecule has 7 heteroatoms. The normalized spacial score (nSPS) is 18.1. The Balaban J connectivity index is 1.67. The van der Waals surface area contributed by atoms with Crippen molar-refractivity contribution < 1.29 is 4.79 Å². The first-order valence-electron chi connectivity index (χ1n) is 9.86. The Kier molecular flexibility index (Phi) is 5.09. The fraction of sp³-hybridized carbons (Fsp3) is 0.429. The fourth-order valence-corrected chi connectivity index (χ4v) is 3.76. The number of amides is 1. The number of aromatic amines is 1. The molecule has 1 fully saturated rings. The summed E-state index contributed by atoms with van der Waals surface area (Å²) >= 11 is 0. The second kappa shape index (κ2) is 7.67. The minimum absolute atomic E-state index is 0.203. The van der Waals surface area contributed by atoms with E-state index in [1.807, 2.05) is 6.08 Å². The highest BCUT2D eigenvalue weighted by atomic mass is 16.2. The van der Waals surface area contributed by atoms with Crippen LogP contribution in [0.4, 0.5) is 0 Å². The molecule has 4 rings (SSSR count). The third-order valence-corrected chi connectivity index (χ3v) is 5.27. The first-order chi connectivity index (χ1) is 13.5. The van der Waals surface area contributed by atoms with E-state index in [1.165, 1.54) is 24.0 Å². The van der Waals surface area contributed by atoms with E-state index in [2.05, 4.69) is 51.8 Å². The molecule has 0 unspecified atom stereocenters. The molecule has 0 bridgehead atoms. The molecule has 7 nitrogen and oxygen atoms in total. The van der Waals surface area contributed by atoms with E-state index in [4.69, 9.17) is 0 Å². The van der Waals surface area contributed by atoms with Crippen molar-refractivity contribution in [2.45, 2.75) is 52.0 Å². The van der Waals surface area contributed by atoms with Gasteiger partial charge in [-0.15, -0.1) is 0 Å². The highest BCUT2D eigenvalue weighted by Gasteiger charge is 2.26. The molecule has 2 aromatic rings. The topological polar surface area (TPSA) is 95.1 Å². The van der Waals surface area contributed by atoms with Gasteiger partial charge in [-0.25, -0.2) is 5.43 Å². The number of nitrogens with zero attached hydrogens (tertiary/aromatic N) is 3. The van der Waals surface area contributed by atoms with E-state index in [1.54, 1.807) is 18.5 Å². The molecule has 1 aliphatic carbocycles. The summed E-state index contributed by atoms with van der Waals surface area (Å²) in [6.07, 6.45) is 8.70. The molecule has 2 aliphatic rings. The van der Waals surface area contributed by atoms with Crippen LogP contribution in [0.2, 0.25) is 0 Å². The maximum atomic E-state index is 12.4. The van der Waals surface area contributed by atoms with Gasteiger partial charge in [0.05, 0.1) is 18.0 Å². The second-order valence-corrected chi connectivity index (χ2v) is 7.78. The molecule has 0 aromatic carbocycles. The number of hydrogen-bond donors (Lipinski definition) is 3. The van der Waals surface area contributed by atoms with Gasteiger partial charge in [0, 0.05) is 23.0 Å². The number of aromatic nitrogens is 3. The van der Waals surface area contributed by atoms with Gasteiger partial charge in [-0.3, -0.25) is 4.79 Å². The van der Waals surface area contributed by atoms with Crippen molar-refractivity contribution in [2.75, 3.05) is 6.54 Å². The number of hydrazone groups is 1. The zero-order valence-electron chi connectivity index (χ0n) is 16.5. The third-order valence-electron chi connectivity index (χ3n) is 5.27. The Bertz CT molecular complexity index is 937. The number of hydrogen-bond acceptors (Lipinski definition) is 5. The molecule has 1 aliphatic heterocycles. The SMILES string of the molecule is Cc1[nH]c(C=C2C(=O)NN=C2c2ccnnc2)c(C(C)C)c1CCNC1CC1. The summed E-state index contributed by atoms with van der Waals surface area (Å²) in [6.45, 7) is 7.48. The molecular weight excluding hydrogens is 352 g/mol. The lowest BCUT2D eigenvalue weighted by Gasteiger charge is -2.11. The minimum atomic E-state index is -0.203. The van der Waals surface area contributed by atoms with E-state index >= 15 is 0 Å². The third kappa shape index (κ3) is 3.75. The van der Waals surface area contributed by atoms with Gasteiger partial charge in [-0.1, -0.05) is 13.8 Å². The zero-order valence-corrected chi connectivity index (χ0v) is 16.5. The number of H-pyrrole nitrogens is 1. The Labute approximate surface area is 164 Å². The summed E-state index contributed by atoms with van der Waals surface area (Å²) in [7, 11) is 0. The van der Waals surface area contributed by atoms with Crippen LogP contribution in [0.5, 0.6) is 0 Å². The molecule has 3 N–H and O–H groups in total. The summed E-state index contributed by atoms with van der Waals surface area (Å²) in [5, 5.41) is 15.5. The molecule has 0 atom stereocenters. The van der Waals surface area contributed by atoms with Crippen molar-refractivity contribution in [3.8, 4) is 0 Å². The van der Waals surface area contributed by atoms with Crippen molar-refractivity contribution in [1.29, 1.82) is 0 Å². The Morgan fingerprint density at radius 3 is 2.82 bits per heavy atom. The van der Waals surface area contributed by atoms with Crippen molar-refractivity contribution in [3.05, 3.63) is 52.1 Å². The van der Waals surface area contributed by atoms with E-state index < -0.39 is 0 Å². The number of carbonyl (C=O) groups is 1. The van der Waals surface area contributed by atoms with Gasteiger partial charge >= 0.3 is 0 Å². The van der Waals surface area contributed by atoms with Gasteiger partial charge in [0.1, 0.15) is 5.71 Å². The molecule has 146 valence electrons. The molecule has 2 aromatic heterocycles. The Hall–Kier alpha value is -2.80. The van der Waals surface area contributed by atoms with Gasteiger partial charge in [-0.05, 0) is 61.9 Å². The van der Waals surface area contributed by atoms with E-state index in [0.29, 0.717) is 23.2 Å². The molecule has 1 amide bonds. The number of rotatable bonds is 7. The van der Waals surface area contributed by atoms with Crippen LogP contribution in [0.1, 0.15) is 60.7 Å². The highest BCUT2D eigenvalue weighted by Crippen LogP contribution is 2.30. The average molecular weight is 378 g/mol. The summed E-state index contributed by atoms with van der Waals surface area (Å²) in [5.41, 5.74) is 9.24. The lowest BCUT2D eigenvalue weighted by molar-refractivity contribution is -0.116. The number of aryl methyl sites for hydroxylation is 1. The lowest BCUT2D eigenvalue weighted by Crippen LogP contribution is -2.19. The first-order valence-corrected chi connectivity index (χ1v) is 9.86. The van der Waals surface area contributed by atoms with Gasteiger partial charge in [-0.2, -0.15) is 15.3 Å². The van der Waals surface area contributed by atoms with Crippen LogP contribution in [-0.2, 0) is 11.2 Å². The van der Waals surface area contributed by atoms with Crippen LogP contribution >= 0.6 is 0 Å². The summed E-state index contributed by atoms with van der Waals surface area (Å²) in [5.74, 6) is 0.144. The predicted octanol–water partition coefficient (Wildman–Crippen LogP) is 2.45. The second-order valence-electron chi connectivity index (χ2n) is 7.78. The van der Waals surface area contributed by atoms with Crippen molar-refractivity contribution in [2.24, 2.45) is 5.10 Å². The molecule has 0 saturated heterocycles. The van der Waals surface area contributed by atoms with Gasteiger partial charge in [0.15, 0.2) is 0 Å². The fourth-order valence-electron chi connectivity index (χ4n) is 3.76. The monoisotopic (exact) mass is 378 g/mol. The van der Waals surface area contributed by atoms with E-state index in [0.717, 1.165) is 29.9 Å². The Morgan fingerprint density at radius 2 is 2.14 bits per heavy atom. The number of carbonyl (C=O) groups excluding carboxylic acids is 1. The van der Waals surface area contributed by atoms with Crippen LogP contribution in [0, 0.1) is 6.92 Å². The van der Waals surface area contributed by atoms with Crippen LogP contribution in [-0.4, -0.2) is 39.4 Å². The van der Waals surface area contributed by atoms with Crippen molar-refractivity contribution in [3.63, 3.8) is 0 Å². The minimum Gasteiger partial charge on any atom is -0.359 e. The van der Waals surface area contributed by atoms with Gasteiger partial charge in [0.2, 0.25) is 0 Å². The maximum absolute atomic E-state index is 12.4. The Morgan fingerprint density at radius 1 is 1.32 bits per heavy atom. The molecule has 3 heterocycles. The maximum Gasteiger partial charge on any atom is 0.273 e. The quantitative estimate of drug-likeness (QED) is 0.645. The average Bonchev–Trinajstić information content (AvgIpc) is 3.36. The zero-order chi connectivity index (χ0) is 19.7. The van der Waals surface area contributed by atoms with Gasteiger partial charge < -0.3 is 10.3 Å². The predicted molar refractivity (Wildman–Crippen MR) is 109 cm³/mol. The highest BCUT2D eigenvalue weighted by molar-refractivity contribution is 6.33. The van der Waals surface area contributed by atoms with Crippen molar-refractivity contribution >= 4 is 17.7 Å². The molecule has 0 radical (unpaired) electrons. The largest absolute Gasteiger partial charge is 0.359 e. The lowest BCUT2D eigenvalue weighted by atomic mass is 9.94. The standard InChI is InChI=1S/C21H26N6O/c1-12(2)19-16(7-8-22-15-4-5-15)13(3)25-18(19)10-17-20(26-27-21(17)28)14-6-9-23-24-11-14/h6,9-12,15,22,25H,4-5,7-8H2,1-3H3,(H,27,28). The number of nitrogens with one attached hydrogen (secondary N) is 3. The summed E-state index contributed by atoms with van der Waals surface area (Å²) in [6, 6.07) is 2.51. The van der Waals surface area contributed by atoms with Gasteiger partial charge in [0.25, 0.3) is 5.91 Å². The molecular formula is C21H26N6O. The molecule has 28 heavy (non-hydrogen) atoms. The molecule has 1 saturated carbocycles. The molecule has 0 spiro atoms. The van der Waals surface area contributed by atoms with Crippen LogP contribution in [0.25, 0.3) is 6.08 Å². The first kappa shape index (κ1) is 18.6. The van der Waals surface area contributed by atoms with Crippen LogP contribution in [0.3, 0.4) is 0 Å². The summed E-state index contributed by atoms with van der Waals surface area (Å²) < 4.78 is 0.